The van der Waals surface area contributed by atoms with Crippen LogP contribution in [-0.4, -0.2) is 15.7 Å². The van der Waals surface area contributed by atoms with E-state index in [1.807, 2.05) is 6.33 Å². The lowest BCUT2D eigenvalue weighted by molar-refractivity contribution is -0.0178. The fourth-order valence-electron chi connectivity index (χ4n) is 7.69. The van der Waals surface area contributed by atoms with E-state index in [0.29, 0.717) is 12.3 Å². The molecule has 2 aromatic rings. The summed E-state index contributed by atoms with van der Waals surface area (Å²) in [6.45, 7) is 4.96. The second kappa shape index (κ2) is 6.06. The van der Waals surface area contributed by atoms with Crippen molar-refractivity contribution < 1.29 is 4.39 Å². The average Bonchev–Trinajstić information content (AvgIpc) is 3.29. The number of alkyl halides is 1. The van der Waals surface area contributed by atoms with Crippen LogP contribution >= 0.6 is 0 Å². The Balaban J connectivity index is 1.36. The Labute approximate surface area is 172 Å². The molecule has 0 bridgehead atoms. The molecule has 1 aromatic heterocycles. The first-order chi connectivity index (χ1) is 14.0. The van der Waals surface area contributed by atoms with Gasteiger partial charge in [-0.3, -0.25) is 0 Å². The highest BCUT2D eigenvalue weighted by Crippen LogP contribution is 2.65. The number of fused-ring (bicyclic) bond motifs is 6. The van der Waals surface area contributed by atoms with Gasteiger partial charge in [-0.15, -0.1) is 0 Å². The molecule has 152 valence electrons. The van der Waals surface area contributed by atoms with E-state index in [9.17, 15) is 4.39 Å². The summed E-state index contributed by atoms with van der Waals surface area (Å²) in [7, 11) is 0. The van der Waals surface area contributed by atoms with E-state index in [1.54, 1.807) is 0 Å². The van der Waals surface area contributed by atoms with Gasteiger partial charge in [-0.25, -0.2) is 9.37 Å². The van der Waals surface area contributed by atoms with Crippen molar-refractivity contribution >= 4 is 16.7 Å². The Morgan fingerprint density at radius 3 is 2.72 bits per heavy atom. The van der Waals surface area contributed by atoms with Crippen LogP contribution in [0.15, 0.2) is 48.3 Å². The van der Waals surface area contributed by atoms with Crippen LogP contribution in [0, 0.1) is 28.6 Å². The Hall–Kier alpha value is -1.90. The lowest BCUT2D eigenvalue weighted by atomic mass is 9.48. The Bertz CT molecular complexity index is 1030. The molecule has 1 heterocycles. The largest absolute Gasteiger partial charge is 0.302 e. The van der Waals surface area contributed by atoms with Crippen LogP contribution in [0.5, 0.6) is 0 Å². The van der Waals surface area contributed by atoms with Crippen LogP contribution in [0.25, 0.3) is 16.7 Å². The molecular formula is C26H31FN2. The average molecular weight is 391 g/mol. The van der Waals surface area contributed by atoms with Gasteiger partial charge in [0.15, 0.2) is 0 Å². The third kappa shape index (κ3) is 2.36. The van der Waals surface area contributed by atoms with Gasteiger partial charge in [0.25, 0.3) is 0 Å². The van der Waals surface area contributed by atoms with E-state index < -0.39 is 6.17 Å². The summed E-state index contributed by atoms with van der Waals surface area (Å²) >= 11 is 0. The summed E-state index contributed by atoms with van der Waals surface area (Å²) < 4.78 is 16.5. The second-order valence-electron chi connectivity index (χ2n) is 10.5. The molecule has 0 N–H and O–H groups in total. The highest BCUT2D eigenvalue weighted by molar-refractivity contribution is 5.80. The zero-order valence-electron chi connectivity index (χ0n) is 17.6. The van der Waals surface area contributed by atoms with Crippen molar-refractivity contribution in [3.05, 3.63) is 48.3 Å². The SMILES string of the molecule is C[C@]12CC[C@H](F)CC1=CC[C@@H]1[C@@H]2CC[C@]2(C)C(n3cnc4ccccc43)=CC[C@@H]12. The minimum absolute atomic E-state index is 0.212. The summed E-state index contributed by atoms with van der Waals surface area (Å²) in [5, 5.41) is 0. The molecule has 2 fully saturated rings. The van der Waals surface area contributed by atoms with Crippen LogP contribution in [0.4, 0.5) is 4.39 Å². The van der Waals surface area contributed by atoms with E-state index in [2.05, 4.69) is 59.8 Å². The van der Waals surface area contributed by atoms with Gasteiger partial charge >= 0.3 is 0 Å². The van der Waals surface area contributed by atoms with Crippen LogP contribution in [-0.2, 0) is 0 Å². The first-order valence-electron chi connectivity index (χ1n) is 11.5. The van der Waals surface area contributed by atoms with Gasteiger partial charge in [0, 0.05) is 17.5 Å². The van der Waals surface area contributed by atoms with Crippen LogP contribution in [0.1, 0.15) is 58.8 Å². The highest BCUT2D eigenvalue weighted by Gasteiger charge is 2.57. The molecule has 6 rings (SSSR count). The fourth-order valence-corrected chi connectivity index (χ4v) is 7.69. The number of hydrogen-bond donors (Lipinski definition) is 0. The standard InChI is InChI=1S/C26H31FN2/c1-25-13-11-18(27)15-17(25)7-8-19-20-9-10-24(26(20,2)14-12-21(19)25)29-16-28-22-5-3-4-6-23(22)29/h3-7,10,16,18-21H,8-9,11-15H2,1-2H3/t18-,19-,20-,21-,25-,26-/m0/s1. The lowest BCUT2D eigenvalue weighted by Gasteiger charge is -2.57. The molecule has 29 heavy (non-hydrogen) atoms. The van der Waals surface area contributed by atoms with Crippen molar-refractivity contribution in [1.29, 1.82) is 0 Å². The molecule has 6 atom stereocenters. The third-order valence-electron chi connectivity index (χ3n) is 9.30. The highest BCUT2D eigenvalue weighted by atomic mass is 19.1. The third-order valence-corrected chi connectivity index (χ3v) is 9.30. The van der Waals surface area contributed by atoms with Gasteiger partial charge in [-0.2, -0.15) is 0 Å². The van der Waals surface area contributed by atoms with E-state index in [4.69, 9.17) is 0 Å². The summed E-state index contributed by atoms with van der Waals surface area (Å²) in [6, 6.07) is 8.48. The Morgan fingerprint density at radius 1 is 1.00 bits per heavy atom. The summed E-state index contributed by atoms with van der Waals surface area (Å²) in [6.07, 6.45) is 13.7. The number of rotatable bonds is 1. The molecule has 0 unspecified atom stereocenters. The van der Waals surface area contributed by atoms with Crippen LogP contribution in [0.2, 0.25) is 0 Å². The maximum atomic E-state index is 14.1. The fraction of sp³-hybridized carbons (Fsp3) is 0.577. The summed E-state index contributed by atoms with van der Waals surface area (Å²) in [4.78, 5) is 4.66. The molecule has 4 aliphatic carbocycles. The zero-order valence-corrected chi connectivity index (χ0v) is 17.6. The predicted octanol–water partition coefficient (Wildman–Crippen LogP) is 6.79. The molecule has 3 heteroatoms. The topological polar surface area (TPSA) is 17.8 Å². The predicted molar refractivity (Wildman–Crippen MR) is 116 cm³/mol. The minimum Gasteiger partial charge on any atom is -0.302 e. The van der Waals surface area contributed by atoms with Crippen molar-refractivity contribution in [2.45, 2.75) is 65.0 Å². The van der Waals surface area contributed by atoms with E-state index in [-0.39, 0.29) is 10.8 Å². The van der Waals surface area contributed by atoms with Crippen LogP contribution in [0.3, 0.4) is 0 Å². The normalized spacial score (nSPS) is 41.3. The number of aromatic nitrogens is 2. The molecule has 2 saturated carbocycles. The second-order valence-corrected chi connectivity index (χ2v) is 10.5. The number of para-hydroxylation sites is 2. The molecular weight excluding hydrogens is 359 g/mol. The van der Waals surface area contributed by atoms with Crippen molar-refractivity contribution in [3.63, 3.8) is 0 Å². The number of halogens is 1. The molecule has 0 aliphatic heterocycles. The number of benzene rings is 1. The van der Waals surface area contributed by atoms with E-state index in [1.165, 1.54) is 36.0 Å². The lowest BCUT2D eigenvalue weighted by Crippen LogP contribution is -2.49. The molecule has 0 radical (unpaired) electrons. The van der Waals surface area contributed by atoms with E-state index in [0.717, 1.165) is 36.6 Å². The van der Waals surface area contributed by atoms with Crippen molar-refractivity contribution in [2.24, 2.45) is 28.6 Å². The number of allylic oxidation sites excluding steroid dienone is 4. The molecule has 0 amide bonds. The summed E-state index contributed by atoms with van der Waals surface area (Å²) in [5.41, 5.74) is 5.65. The minimum atomic E-state index is -0.617. The number of nitrogens with zero attached hydrogens (tertiary/aromatic N) is 2. The zero-order chi connectivity index (χ0) is 19.8. The number of hydrogen-bond acceptors (Lipinski definition) is 1. The van der Waals surface area contributed by atoms with Gasteiger partial charge in [0.2, 0.25) is 0 Å². The Morgan fingerprint density at radius 2 is 1.83 bits per heavy atom. The summed E-state index contributed by atoms with van der Waals surface area (Å²) in [5.74, 6) is 2.14. The maximum Gasteiger partial charge on any atom is 0.104 e. The first-order valence-corrected chi connectivity index (χ1v) is 11.5. The Kier molecular flexibility index (Phi) is 3.74. The van der Waals surface area contributed by atoms with E-state index >= 15 is 0 Å². The smallest absolute Gasteiger partial charge is 0.104 e. The molecule has 1 aromatic carbocycles. The molecule has 0 saturated heterocycles. The first kappa shape index (κ1) is 17.9. The number of imidazole rings is 1. The van der Waals surface area contributed by atoms with Gasteiger partial charge in [0.05, 0.1) is 11.0 Å². The monoisotopic (exact) mass is 390 g/mol. The molecule has 4 aliphatic rings. The van der Waals surface area contributed by atoms with Gasteiger partial charge in [-0.1, -0.05) is 43.7 Å². The molecule has 2 nitrogen and oxygen atoms in total. The van der Waals surface area contributed by atoms with Gasteiger partial charge in [0.1, 0.15) is 12.5 Å². The van der Waals surface area contributed by atoms with Crippen molar-refractivity contribution in [2.75, 3.05) is 0 Å². The van der Waals surface area contributed by atoms with Crippen molar-refractivity contribution in [3.8, 4) is 0 Å². The molecule has 0 spiro atoms. The van der Waals surface area contributed by atoms with Crippen LogP contribution < -0.4 is 0 Å². The van der Waals surface area contributed by atoms with Crippen molar-refractivity contribution in [1.82, 2.24) is 9.55 Å². The van der Waals surface area contributed by atoms with Gasteiger partial charge < -0.3 is 4.57 Å². The van der Waals surface area contributed by atoms with Gasteiger partial charge in [-0.05, 0) is 73.8 Å². The quantitative estimate of drug-likeness (QED) is 0.490. The maximum absolute atomic E-state index is 14.1.